The Kier molecular flexibility index (Phi) is 3.11. The average Bonchev–Trinajstić information content (AvgIpc) is 2.43. The predicted molar refractivity (Wildman–Crippen MR) is 63.2 cm³/mol. The van der Waals surface area contributed by atoms with Crippen molar-refractivity contribution in [3.8, 4) is 0 Å². The van der Waals surface area contributed by atoms with Gasteiger partial charge >= 0.3 is 0 Å². The fourth-order valence-electron chi connectivity index (χ4n) is 1.98. The highest BCUT2D eigenvalue weighted by molar-refractivity contribution is 5.58. The molecule has 15 heavy (non-hydrogen) atoms. The Hall–Kier alpha value is -1.22. The second-order valence-corrected chi connectivity index (χ2v) is 4.05. The van der Waals surface area contributed by atoms with Crippen LogP contribution in [0.1, 0.15) is 12.0 Å². The molecule has 1 aromatic rings. The monoisotopic (exact) mass is 206 g/mol. The van der Waals surface area contributed by atoms with Gasteiger partial charge in [0.25, 0.3) is 0 Å². The minimum absolute atomic E-state index is 0.813. The van der Waals surface area contributed by atoms with Gasteiger partial charge in [-0.25, -0.2) is 0 Å². The van der Waals surface area contributed by atoms with Crippen molar-refractivity contribution in [1.29, 1.82) is 0 Å². The van der Waals surface area contributed by atoms with E-state index in [1.165, 1.54) is 11.3 Å². The molecule has 0 aromatic heterocycles. The van der Waals surface area contributed by atoms with Crippen LogP contribution in [0.2, 0.25) is 0 Å². The Morgan fingerprint density at radius 3 is 2.87 bits per heavy atom. The van der Waals surface area contributed by atoms with Crippen molar-refractivity contribution in [2.45, 2.75) is 13.3 Å². The van der Waals surface area contributed by atoms with E-state index in [1.54, 1.807) is 0 Å². The predicted octanol–water partition coefficient (Wildman–Crippen LogP) is 1.80. The number of anilines is 2. The molecule has 0 radical (unpaired) electrons. The van der Waals surface area contributed by atoms with Crippen LogP contribution in [0.3, 0.4) is 0 Å². The maximum Gasteiger partial charge on any atom is 0.0641 e. The molecule has 0 amide bonds. The highest BCUT2D eigenvalue weighted by Crippen LogP contribution is 2.21. The summed E-state index contributed by atoms with van der Waals surface area (Å²) >= 11 is 0. The van der Waals surface area contributed by atoms with Crippen molar-refractivity contribution in [3.05, 3.63) is 23.8 Å². The first-order valence-corrected chi connectivity index (χ1v) is 5.45. The number of aryl methyl sites for hydroxylation is 1. The Labute approximate surface area is 90.8 Å². The van der Waals surface area contributed by atoms with E-state index in [4.69, 9.17) is 10.5 Å². The van der Waals surface area contributed by atoms with Crippen molar-refractivity contribution in [3.63, 3.8) is 0 Å². The molecule has 1 aromatic carbocycles. The lowest BCUT2D eigenvalue weighted by atomic mass is 10.2. The summed E-state index contributed by atoms with van der Waals surface area (Å²) in [6.45, 7) is 5.78. The maximum atomic E-state index is 5.85. The minimum atomic E-state index is 0.813. The lowest BCUT2D eigenvalue weighted by molar-refractivity contribution is 0.152. The molecule has 3 nitrogen and oxygen atoms in total. The van der Waals surface area contributed by atoms with Gasteiger partial charge in [0.05, 0.1) is 6.61 Å². The van der Waals surface area contributed by atoms with E-state index in [-0.39, 0.29) is 0 Å². The molecule has 1 heterocycles. The van der Waals surface area contributed by atoms with E-state index >= 15 is 0 Å². The third-order valence-corrected chi connectivity index (χ3v) is 2.67. The summed E-state index contributed by atoms with van der Waals surface area (Å²) in [4.78, 5) is 2.34. The van der Waals surface area contributed by atoms with Crippen LogP contribution in [0.25, 0.3) is 0 Å². The average molecular weight is 206 g/mol. The first-order chi connectivity index (χ1) is 7.25. The Balaban J connectivity index is 2.19. The van der Waals surface area contributed by atoms with Crippen LogP contribution in [-0.4, -0.2) is 26.3 Å². The molecule has 0 bridgehead atoms. The molecule has 0 aliphatic carbocycles. The number of nitrogen functional groups attached to an aromatic ring is 1. The van der Waals surface area contributed by atoms with Gasteiger partial charge in [-0.3, -0.25) is 0 Å². The van der Waals surface area contributed by atoms with Gasteiger partial charge in [0, 0.05) is 31.1 Å². The van der Waals surface area contributed by atoms with Crippen LogP contribution in [0.5, 0.6) is 0 Å². The minimum Gasteiger partial charge on any atom is -0.399 e. The molecule has 0 spiro atoms. The third-order valence-electron chi connectivity index (χ3n) is 2.67. The zero-order valence-corrected chi connectivity index (χ0v) is 9.20. The highest BCUT2D eigenvalue weighted by Gasteiger charge is 2.10. The van der Waals surface area contributed by atoms with Crippen LogP contribution in [0.4, 0.5) is 11.4 Å². The van der Waals surface area contributed by atoms with Gasteiger partial charge in [0.15, 0.2) is 0 Å². The molecular weight excluding hydrogens is 188 g/mol. The van der Waals surface area contributed by atoms with Crippen molar-refractivity contribution in [2.24, 2.45) is 0 Å². The summed E-state index contributed by atoms with van der Waals surface area (Å²) < 4.78 is 5.43. The van der Waals surface area contributed by atoms with Gasteiger partial charge in [-0.05, 0) is 37.1 Å². The molecule has 1 aliphatic rings. The molecule has 3 heteroatoms. The molecule has 1 aliphatic heterocycles. The SMILES string of the molecule is Cc1cc(N)cc(N2CCCOCC2)c1. The normalized spacial score (nSPS) is 17.5. The maximum absolute atomic E-state index is 5.85. The number of hydrogen-bond donors (Lipinski definition) is 1. The summed E-state index contributed by atoms with van der Waals surface area (Å²) in [5, 5.41) is 0. The number of ether oxygens (including phenoxy) is 1. The summed E-state index contributed by atoms with van der Waals surface area (Å²) in [7, 11) is 0. The number of benzene rings is 1. The highest BCUT2D eigenvalue weighted by atomic mass is 16.5. The zero-order valence-electron chi connectivity index (χ0n) is 9.20. The van der Waals surface area contributed by atoms with E-state index in [2.05, 4.69) is 17.9 Å². The standard InChI is InChI=1S/C12H18N2O/c1-10-7-11(13)9-12(8-10)14-3-2-5-15-6-4-14/h7-9H,2-6,13H2,1H3. The Morgan fingerprint density at radius 1 is 1.20 bits per heavy atom. The Morgan fingerprint density at radius 2 is 2.07 bits per heavy atom. The van der Waals surface area contributed by atoms with Gasteiger partial charge in [0.1, 0.15) is 0 Å². The number of nitrogens with two attached hydrogens (primary N) is 1. The summed E-state index contributed by atoms with van der Waals surface area (Å²) in [6.07, 6.45) is 1.09. The topological polar surface area (TPSA) is 38.5 Å². The molecule has 1 fully saturated rings. The quantitative estimate of drug-likeness (QED) is 0.712. The molecule has 0 unspecified atom stereocenters. The van der Waals surface area contributed by atoms with Crippen LogP contribution in [0, 0.1) is 6.92 Å². The lowest BCUT2D eigenvalue weighted by Crippen LogP contribution is -2.25. The van der Waals surface area contributed by atoms with Crippen molar-refractivity contribution >= 4 is 11.4 Å². The summed E-state index contributed by atoms with van der Waals surface area (Å²) in [6, 6.07) is 6.22. The molecule has 0 saturated carbocycles. The number of rotatable bonds is 1. The van der Waals surface area contributed by atoms with Crippen LogP contribution >= 0.6 is 0 Å². The van der Waals surface area contributed by atoms with Crippen LogP contribution in [0.15, 0.2) is 18.2 Å². The van der Waals surface area contributed by atoms with Gasteiger partial charge in [-0.1, -0.05) is 0 Å². The smallest absolute Gasteiger partial charge is 0.0641 e. The number of hydrogen-bond acceptors (Lipinski definition) is 3. The van der Waals surface area contributed by atoms with E-state index in [1.807, 2.05) is 12.1 Å². The van der Waals surface area contributed by atoms with Gasteiger partial charge in [0.2, 0.25) is 0 Å². The molecule has 82 valence electrons. The summed E-state index contributed by atoms with van der Waals surface area (Å²) in [5.74, 6) is 0. The van der Waals surface area contributed by atoms with Crippen molar-refractivity contribution < 1.29 is 4.74 Å². The molecule has 2 N–H and O–H groups in total. The van der Waals surface area contributed by atoms with Gasteiger partial charge in [-0.15, -0.1) is 0 Å². The molecule has 0 atom stereocenters. The number of nitrogens with zero attached hydrogens (tertiary/aromatic N) is 1. The zero-order chi connectivity index (χ0) is 10.7. The van der Waals surface area contributed by atoms with E-state index in [9.17, 15) is 0 Å². The van der Waals surface area contributed by atoms with Crippen molar-refractivity contribution in [2.75, 3.05) is 36.9 Å². The second kappa shape index (κ2) is 4.53. The molecule has 1 saturated heterocycles. The van der Waals surface area contributed by atoms with Gasteiger partial charge < -0.3 is 15.4 Å². The Bertz CT molecular complexity index is 310. The van der Waals surface area contributed by atoms with E-state index < -0.39 is 0 Å². The molecular formula is C12H18N2O. The van der Waals surface area contributed by atoms with Crippen LogP contribution < -0.4 is 10.6 Å². The van der Waals surface area contributed by atoms with E-state index in [0.717, 1.165) is 38.4 Å². The largest absolute Gasteiger partial charge is 0.399 e. The fraction of sp³-hybridized carbons (Fsp3) is 0.500. The van der Waals surface area contributed by atoms with Crippen molar-refractivity contribution in [1.82, 2.24) is 0 Å². The fourth-order valence-corrected chi connectivity index (χ4v) is 1.98. The molecule has 2 rings (SSSR count). The first-order valence-electron chi connectivity index (χ1n) is 5.45. The first kappa shape index (κ1) is 10.3. The van der Waals surface area contributed by atoms with Gasteiger partial charge in [-0.2, -0.15) is 0 Å². The lowest BCUT2D eigenvalue weighted by Gasteiger charge is -2.22. The van der Waals surface area contributed by atoms with E-state index in [0.29, 0.717) is 0 Å². The second-order valence-electron chi connectivity index (χ2n) is 4.05. The summed E-state index contributed by atoms with van der Waals surface area (Å²) in [5.41, 5.74) is 9.13. The van der Waals surface area contributed by atoms with Crippen LogP contribution in [-0.2, 0) is 4.74 Å². The third kappa shape index (κ3) is 2.63.